The van der Waals surface area contributed by atoms with Crippen LogP contribution < -0.4 is 20.5 Å². The van der Waals surface area contributed by atoms with E-state index < -0.39 is 28.7 Å². The van der Waals surface area contributed by atoms with Crippen LogP contribution in [-0.4, -0.2) is 52.9 Å². The van der Waals surface area contributed by atoms with Crippen molar-refractivity contribution >= 4 is 28.5 Å². The quantitative estimate of drug-likeness (QED) is 0.672. The second-order valence-corrected chi connectivity index (χ2v) is 8.33. The van der Waals surface area contributed by atoms with Crippen LogP contribution in [0.15, 0.2) is 10.9 Å². The monoisotopic (exact) mass is 431 g/mol. The van der Waals surface area contributed by atoms with Gasteiger partial charge in [0.25, 0.3) is 5.56 Å². The summed E-state index contributed by atoms with van der Waals surface area (Å²) >= 11 is 0. The highest BCUT2D eigenvalue weighted by atomic mass is 19.1. The first-order chi connectivity index (χ1) is 14.8. The van der Waals surface area contributed by atoms with Crippen molar-refractivity contribution in [1.82, 2.24) is 9.88 Å². The number of carbonyl (C=O) groups excluding carboxylic acids is 1. The maximum atomic E-state index is 15.4. The molecule has 0 bridgehead atoms. The molecule has 1 saturated carbocycles. The van der Waals surface area contributed by atoms with Gasteiger partial charge in [0.1, 0.15) is 17.0 Å². The summed E-state index contributed by atoms with van der Waals surface area (Å²) in [5, 5.41) is 23.2. The lowest BCUT2D eigenvalue weighted by molar-refractivity contribution is -0.121. The summed E-state index contributed by atoms with van der Waals surface area (Å²) < 4.78 is 22.2. The number of piperidine rings is 1. The van der Waals surface area contributed by atoms with Crippen molar-refractivity contribution in [2.75, 3.05) is 25.1 Å². The van der Waals surface area contributed by atoms with E-state index in [0.29, 0.717) is 19.3 Å². The maximum Gasteiger partial charge on any atom is 0.345 e. The number of carboxylic acid groups (broad SMARTS) is 1. The van der Waals surface area contributed by atoms with Crippen LogP contribution in [0.25, 0.3) is 10.9 Å². The van der Waals surface area contributed by atoms with Crippen molar-refractivity contribution in [1.29, 1.82) is 0 Å². The normalized spacial score (nSPS) is 23.3. The first kappa shape index (κ1) is 19.8. The minimum atomic E-state index is -1.59. The number of pyridine rings is 1. The fourth-order valence-electron chi connectivity index (χ4n) is 4.93. The number of hydrogen-bond donors (Lipinski definition) is 3. The van der Waals surface area contributed by atoms with E-state index in [1.807, 2.05) is 0 Å². The molecule has 2 saturated heterocycles. The number of ether oxygens (including phenoxy) is 1. The summed E-state index contributed by atoms with van der Waals surface area (Å²) in [4.78, 5) is 39.0. The van der Waals surface area contributed by atoms with E-state index in [0.717, 1.165) is 19.0 Å². The van der Waals surface area contributed by atoms with E-state index in [2.05, 4.69) is 5.32 Å². The van der Waals surface area contributed by atoms with Gasteiger partial charge in [-0.1, -0.05) is 0 Å². The standard InChI is InChI=1S/C21H22FN3O6/c1-31-18-15-11(17(26)14(21(29)30)20(28)25(15)9-4-5-9)7-12(22)16(18)24-8-13-10(19(24)27)3-2-6-23-13/h7,9-10,13,23,26H,2-6,8H2,1H3,(H,29,30). The molecule has 3 N–H and O–H groups in total. The topological polar surface area (TPSA) is 121 Å². The predicted molar refractivity (Wildman–Crippen MR) is 108 cm³/mol. The van der Waals surface area contributed by atoms with Crippen molar-refractivity contribution in [3.63, 3.8) is 0 Å². The van der Waals surface area contributed by atoms with Gasteiger partial charge in [0, 0.05) is 24.0 Å². The number of anilines is 1. The van der Waals surface area contributed by atoms with Crippen LogP contribution in [0.4, 0.5) is 10.1 Å². The molecule has 2 aliphatic heterocycles. The molecule has 2 atom stereocenters. The number of nitrogens with one attached hydrogen (secondary N) is 1. The van der Waals surface area contributed by atoms with Gasteiger partial charge in [0.2, 0.25) is 5.91 Å². The largest absolute Gasteiger partial charge is 0.506 e. The second kappa shape index (κ2) is 6.94. The van der Waals surface area contributed by atoms with Gasteiger partial charge in [-0.15, -0.1) is 0 Å². The molecule has 0 radical (unpaired) electrons. The zero-order chi connectivity index (χ0) is 22.0. The molecule has 1 aliphatic carbocycles. The Kier molecular flexibility index (Phi) is 4.44. The van der Waals surface area contributed by atoms with Gasteiger partial charge in [-0.2, -0.15) is 0 Å². The molecule has 10 heteroatoms. The van der Waals surface area contributed by atoms with E-state index in [-0.39, 0.29) is 52.8 Å². The van der Waals surface area contributed by atoms with Gasteiger partial charge in [-0.25, -0.2) is 9.18 Å². The van der Waals surface area contributed by atoms with E-state index >= 15 is 4.39 Å². The van der Waals surface area contributed by atoms with E-state index in [1.54, 1.807) is 0 Å². The molecule has 5 rings (SSSR count). The minimum absolute atomic E-state index is 0.0572. The van der Waals surface area contributed by atoms with Gasteiger partial charge in [0.15, 0.2) is 17.1 Å². The van der Waals surface area contributed by atoms with Crippen LogP contribution in [0.3, 0.4) is 0 Å². The second-order valence-electron chi connectivity index (χ2n) is 8.33. The van der Waals surface area contributed by atoms with Crippen LogP contribution in [0.1, 0.15) is 42.1 Å². The molecular weight excluding hydrogens is 409 g/mol. The lowest BCUT2D eigenvalue weighted by Gasteiger charge is -2.24. The summed E-state index contributed by atoms with van der Waals surface area (Å²) in [7, 11) is 1.30. The van der Waals surface area contributed by atoms with Gasteiger partial charge >= 0.3 is 5.97 Å². The number of fused-ring (bicyclic) bond motifs is 2. The van der Waals surface area contributed by atoms with E-state index in [4.69, 9.17) is 4.74 Å². The molecular formula is C21H22FN3O6. The van der Waals surface area contributed by atoms with Crippen molar-refractivity contribution in [3.8, 4) is 11.5 Å². The number of aromatic carboxylic acids is 1. The lowest BCUT2D eigenvalue weighted by Crippen LogP contribution is -2.41. The third kappa shape index (κ3) is 2.81. The molecule has 1 aromatic heterocycles. The summed E-state index contributed by atoms with van der Waals surface area (Å²) in [6, 6.07) is 0.601. The number of rotatable bonds is 4. The number of aromatic nitrogens is 1. The number of carbonyl (C=O) groups is 2. The minimum Gasteiger partial charge on any atom is -0.506 e. The maximum absolute atomic E-state index is 15.4. The fourth-order valence-corrected chi connectivity index (χ4v) is 4.93. The van der Waals surface area contributed by atoms with Crippen LogP contribution in [0, 0.1) is 11.7 Å². The molecule has 3 fully saturated rings. The van der Waals surface area contributed by atoms with Crippen LogP contribution in [0.5, 0.6) is 11.5 Å². The fraction of sp³-hybridized carbons (Fsp3) is 0.476. The summed E-state index contributed by atoms with van der Waals surface area (Å²) in [6.07, 6.45) is 2.85. The molecule has 1 aromatic carbocycles. The van der Waals surface area contributed by atoms with Crippen molar-refractivity contribution in [2.45, 2.75) is 37.8 Å². The van der Waals surface area contributed by atoms with E-state index in [9.17, 15) is 24.6 Å². The number of methoxy groups -OCH3 is 1. The van der Waals surface area contributed by atoms with E-state index in [1.165, 1.54) is 16.6 Å². The summed E-state index contributed by atoms with van der Waals surface area (Å²) in [5.41, 5.74) is -1.67. The number of carboxylic acids is 1. The number of aromatic hydroxyl groups is 1. The van der Waals surface area contributed by atoms with Gasteiger partial charge in [-0.3, -0.25) is 9.59 Å². The Morgan fingerprint density at radius 3 is 2.65 bits per heavy atom. The summed E-state index contributed by atoms with van der Waals surface area (Å²) in [5.74, 6) is -3.77. The smallest absolute Gasteiger partial charge is 0.345 e. The average Bonchev–Trinajstić information content (AvgIpc) is 3.51. The Labute approximate surface area is 176 Å². The highest BCUT2D eigenvalue weighted by Crippen LogP contribution is 2.47. The van der Waals surface area contributed by atoms with Crippen molar-refractivity contribution in [2.24, 2.45) is 5.92 Å². The molecule has 1 amide bonds. The molecule has 164 valence electrons. The number of hydrogen-bond acceptors (Lipinski definition) is 6. The zero-order valence-corrected chi connectivity index (χ0v) is 16.9. The SMILES string of the molecule is COc1c(N2CC3NCCCC3C2=O)c(F)cc2c(O)c(C(=O)O)c(=O)n(C3CC3)c12. The molecule has 9 nitrogen and oxygen atoms in total. The third-order valence-corrected chi connectivity index (χ3v) is 6.49. The molecule has 0 spiro atoms. The molecule has 3 aliphatic rings. The predicted octanol–water partition coefficient (Wildman–Crippen LogP) is 1.60. The third-order valence-electron chi connectivity index (χ3n) is 6.49. The van der Waals surface area contributed by atoms with Gasteiger partial charge in [0.05, 0.1) is 13.0 Å². The average molecular weight is 431 g/mol. The van der Waals surface area contributed by atoms with Crippen molar-refractivity contribution in [3.05, 3.63) is 27.8 Å². The Balaban J connectivity index is 1.80. The molecule has 31 heavy (non-hydrogen) atoms. The van der Waals surface area contributed by atoms with Crippen LogP contribution in [-0.2, 0) is 4.79 Å². The first-order valence-corrected chi connectivity index (χ1v) is 10.3. The first-order valence-electron chi connectivity index (χ1n) is 10.3. The van der Waals surface area contributed by atoms with Crippen LogP contribution in [0.2, 0.25) is 0 Å². The Morgan fingerprint density at radius 1 is 1.29 bits per heavy atom. The Bertz CT molecular complexity index is 1190. The number of benzene rings is 1. The highest BCUT2D eigenvalue weighted by molar-refractivity contribution is 6.06. The lowest BCUT2D eigenvalue weighted by atomic mass is 9.94. The molecule has 2 unspecified atom stereocenters. The van der Waals surface area contributed by atoms with Gasteiger partial charge < -0.3 is 29.7 Å². The van der Waals surface area contributed by atoms with Crippen LogP contribution >= 0.6 is 0 Å². The zero-order valence-electron chi connectivity index (χ0n) is 16.9. The number of nitrogens with zero attached hydrogens (tertiary/aromatic N) is 2. The summed E-state index contributed by atoms with van der Waals surface area (Å²) in [6.45, 7) is 1.04. The Morgan fingerprint density at radius 2 is 2.03 bits per heavy atom. The number of amides is 1. The number of halogens is 1. The molecule has 2 aromatic rings. The highest BCUT2D eigenvalue weighted by Gasteiger charge is 2.44. The molecule has 3 heterocycles. The Hall–Kier alpha value is -3.14. The van der Waals surface area contributed by atoms with Crippen molar-refractivity contribution < 1.29 is 28.9 Å². The van der Waals surface area contributed by atoms with Gasteiger partial charge in [-0.05, 0) is 38.3 Å².